The van der Waals surface area contributed by atoms with Crippen LogP contribution in [0.25, 0.3) is 22.0 Å². The lowest BCUT2D eigenvalue weighted by Gasteiger charge is -2.12. The van der Waals surface area contributed by atoms with Crippen molar-refractivity contribution in [3.8, 4) is 11.1 Å². The highest BCUT2D eigenvalue weighted by Crippen LogP contribution is 2.37. The lowest BCUT2D eigenvalue weighted by molar-refractivity contribution is -0.137. The van der Waals surface area contributed by atoms with Gasteiger partial charge in [-0.2, -0.15) is 13.2 Å². The van der Waals surface area contributed by atoms with Crippen LogP contribution in [0.15, 0.2) is 48.5 Å². The average Bonchev–Trinajstić information content (AvgIpc) is 2.89. The third-order valence-corrected chi connectivity index (χ3v) is 3.39. The summed E-state index contributed by atoms with van der Waals surface area (Å²) in [5.41, 5.74) is 0.288. The molecule has 0 fully saturated rings. The van der Waals surface area contributed by atoms with E-state index in [9.17, 15) is 18.0 Å². The van der Waals surface area contributed by atoms with Gasteiger partial charge in [-0.05, 0) is 35.4 Å². The van der Waals surface area contributed by atoms with Crippen molar-refractivity contribution in [3.05, 3.63) is 59.8 Å². The number of carbonyl (C=O) groups is 1. The first-order valence-corrected chi connectivity index (χ1v) is 6.39. The molecule has 0 aliphatic rings. The number of fused-ring (bicyclic) bond motifs is 1. The van der Waals surface area contributed by atoms with Crippen LogP contribution in [-0.4, -0.2) is 16.1 Å². The summed E-state index contributed by atoms with van der Waals surface area (Å²) >= 11 is 0. The van der Waals surface area contributed by atoms with Gasteiger partial charge in [0.2, 0.25) is 0 Å². The van der Waals surface area contributed by atoms with Gasteiger partial charge in [-0.3, -0.25) is 0 Å². The molecule has 0 aliphatic carbocycles. The van der Waals surface area contributed by atoms with Crippen molar-refractivity contribution >= 4 is 16.9 Å². The zero-order chi connectivity index (χ0) is 15.9. The van der Waals surface area contributed by atoms with Gasteiger partial charge in [-0.15, -0.1) is 0 Å². The summed E-state index contributed by atoms with van der Waals surface area (Å²) in [4.78, 5) is 13.6. The van der Waals surface area contributed by atoms with E-state index in [-0.39, 0.29) is 11.3 Å². The van der Waals surface area contributed by atoms with Crippen LogP contribution in [0.5, 0.6) is 0 Å². The van der Waals surface area contributed by atoms with E-state index in [1.807, 2.05) is 0 Å². The van der Waals surface area contributed by atoms with Crippen LogP contribution in [0.2, 0.25) is 0 Å². The molecule has 0 spiro atoms. The van der Waals surface area contributed by atoms with E-state index in [0.29, 0.717) is 16.5 Å². The number of carboxylic acids is 1. The number of benzene rings is 2. The Morgan fingerprint density at radius 3 is 2.45 bits per heavy atom. The fourth-order valence-electron chi connectivity index (χ4n) is 2.40. The number of nitrogens with one attached hydrogen (secondary N) is 1. The number of aromatic nitrogens is 1. The molecule has 6 heteroatoms. The van der Waals surface area contributed by atoms with Crippen LogP contribution < -0.4 is 0 Å². The Kier molecular flexibility index (Phi) is 3.16. The highest BCUT2D eigenvalue weighted by atomic mass is 19.4. The van der Waals surface area contributed by atoms with E-state index in [0.717, 1.165) is 6.07 Å². The SMILES string of the molecule is O=C(O)c1cc2cc(-c3ccccc3C(F)(F)F)ccc2[nH]1. The van der Waals surface area contributed by atoms with Gasteiger partial charge in [0.15, 0.2) is 0 Å². The molecule has 1 heterocycles. The molecule has 0 atom stereocenters. The van der Waals surface area contributed by atoms with Gasteiger partial charge in [0, 0.05) is 10.9 Å². The number of aromatic carboxylic acids is 1. The number of rotatable bonds is 2. The summed E-state index contributed by atoms with van der Waals surface area (Å²) in [6.07, 6.45) is -4.45. The first-order chi connectivity index (χ1) is 10.4. The number of carboxylic acid groups (broad SMARTS) is 1. The zero-order valence-corrected chi connectivity index (χ0v) is 11.1. The maximum absolute atomic E-state index is 13.1. The Labute approximate surface area is 123 Å². The summed E-state index contributed by atoms with van der Waals surface area (Å²) in [5.74, 6) is -1.12. The summed E-state index contributed by atoms with van der Waals surface area (Å²) in [6.45, 7) is 0. The Morgan fingerprint density at radius 2 is 1.77 bits per heavy atom. The highest BCUT2D eigenvalue weighted by molar-refractivity contribution is 5.95. The van der Waals surface area contributed by atoms with Crippen LogP contribution in [-0.2, 0) is 6.18 Å². The summed E-state index contributed by atoms with van der Waals surface area (Å²) in [5, 5.41) is 9.49. The predicted octanol–water partition coefficient (Wildman–Crippen LogP) is 4.55. The van der Waals surface area contributed by atoms with Crippen LogP contribution in [0.3, 0.4) is 0 Å². The topological polar surface area (TPSA) is 53.1 Å². The summed E-state index contributed by atoms with van der Waals surface area (Å²) in [6, 6.07) is 11.4. The van der Waals surface area contributed by atoms with E-state index in [1.165, 1.54) is 30.3 Å². The van der Waals surface area contributed by atoms with Gasteiger partial charge in [-0.1, -0.05) is 24.3 Å². The van der Waals surface area contributed by atoms with Crippen molar-refractivity contribution in [2.24, 2.45) is 0 Å². The number of alkyl halides is 3. The largest absolute Gasteiger partial charge is 0.477 e. The molecule has 0 unspecified atom stereocenters. The van der Waals surface area contributed by atoms with Crippen molar-refractivity contribution in [2.45, 2.75) is 6.18 Å². The highest BCUT2D eigenvalue weighted by Gasteiger charge is 2.33. The third-order valence-electron chi connectivity index (χ3n) is 3.39. The molecule has 3 rings (SSSR count). The summed E-state index contributed by atoms with van der Waals surface area (Å²) < 4.78 is 39.2. The molecule has 3 nitrogen and oxygen atoms in total. The van der Waals surface area contributed by atoms with Gasteiger partial charge >= 0.3 is 12.1 Å². The fraction of sp³-hybridized carbons (Fsp3) is 0.0625. The molecule has 1 aromatic heterocycles. The molecule has 2 aromatic carbocycles. The standard InChI is InChI=1S/C16H10F3NO2/c17-16(18,19)12-4-2-1-3-11(12)9-5-6-13-10(7-9)8-14(20-13)15(21)22/h1-8,20H,(H,21,22). The first-order valence-electron chi connectivity index (χ1n) is 6.39. The molecular formula is C16H10F3NO2. The van der Waals surface area contributed by atoms with Gasteiger partial charge in [0.25, 0.3) is 0 Å². The second-order valence-electron chi connectivity index (χ2n) is 4.83. The van der Waals surface area contributed by atoms with Crippen molar-refractivity contribution in [2.75, 3.05) is 0 Å². The molecule has 112 valence electrons. The van der Waals surface area contributed by atoms with E-state index in [1.54, 1.807) is 12.1 Å². The van der Waals surface area contributed by atoms with Crippen LogP contribution in [0.1, 0.15) is 16.1 Å². The molecule has 0 bridgehead atoms. The minimum atomic E-state index is -4.45. The molecule has 3 aromatic rings. The molecule has 0 saturated heterocycles. The van der Waals surface area contributed by atoms with Crippen LogP contribution in [0.4, 0.5) is 13.2 Å². The first kappa shape index (κ1) is 14.2. The van der Waals surface area contributed by atoms with Gasteiger partial charge < -0.3 is 10.1 Å². The van der Waals surface area contributed by atoms with Crippen molar-refractivity contribution in [3.63, 3.8) is 0 Å². The molecule has 0 radical (unpaired) electrons. The summed E-state index contributed by atoms with van der Waals surface area (Å²) in [7, 11) is 0. The normalized spacial score (nSPS) is 11.8. The molecular weight excluding hydrogens is 295 g/mol. The smallest absolute Gasteiger partial charge is 0.417 e. The van der Waals surface area contributed by atoms with Crippen LogP contribution in [0, 0.1) is 0 Å². The maximum Gasteiger partial charge on any atom is 0.417 e. The molecule has 0 aliphatic heterocycles. The van der Waals surface area contributed by atoms with Gasteiger partial charge in [0.1, 0.15) is 5.69 Å². The van der Waals surface area contributed by atoms with Crippen molar-refractivity contribution in [1.82, 2.24) is 4.98 Å². The Bertz CT molecular complexity index is 865. The van der Waals surface area contributed by atoms with E-state index in [4.69, 9.17) is 5.11 Å². The quantitative estimate of drug-likeness (QED) is 0.729. The van der Waals surface area contributed by atoms with Crippen molar-refractivity contribution in [1.29, 1.82) is 0 Å². The van der Waals surface area contributed by atoms with Crippen molar-refractivity contribution < 1.29 is 23.1 Å². The van der Waals surface area contributed by atoms with Gasteiger partial charge in [-0.25, -0.2) is 4.79 Å². The second-order valence-corrected chi connectivity index (χ2v) is 4.83. The van der Waals surface area contributed by atoms with E-state index in [2.05, 4.69) is 4.98 Å². The lowest BCUT2D eigenvalue weighted by Crippen LogP contribution is -2.06. The molecule has 22 heavy (non-hydrogen) atoms. The Hall–Kier alpha value is -2.76. The number of H-pyrrole nitrogens is 1. The lowest BCUT2D eigenvalue weighted by atomic mass is 9.98. The van der Waals surface area contributed by atoms with E-state index >= 15 is 0 Å². The predicted molar refractivity (Wildman–Crippen MR) is 75.7 cm³/mol. The number of halogens is 3. The Morgan fingerprint density at radius 1 is 1.05 bits per heavy atom. The molecule has 0 amide bonds. The zero-order valence-electron chi connectivity index (χ0n) is 11.1. The Balaban J connectivity index is 2.17. The molecule has 2 N–H and O–H groups in total. The minimum absolute atomic E-state index is 0.00347. The maximum atomic E-state index is 13.1. The fourth-order valence-corrected chi connectivity index (χ4v) is 2.40. The third kappa shape index (κ3) is 2.43. The second kappa shape index (κ2) is 4.91. The number of hydrogen-bond acceptors (Lipinski definition) is 1. The number of aromatic amines is 1. The van der Waals surface area contributed by atoms with Crippen LogP contribution >= 0.6 is 0 Å². The average molecular weight is 305 g/mol. The minimum Gasteiger partial charge on any atom is -0.477 e. The molecule has 0 saturated carbocycles. The van der Waals surface area contributed by atoms with E-state index < -0.39 is 17.7 Å². The van der Waals surface area contributed by atoms with Gasteiger partial charge in [0.05, 0.1) is 5.56 Å². The monoisotopic (exact) mass is 305 g/mol. The number of hydrogen-bond donors (Lipinski definition) is 2.